The number of esters is 1. The average molecular weight is 547 g/mol. The number of methoxy groups -OCH3 is 1. The predicted molar refractivity (Wildman–Crippen MR) is 134 cm³/mol. The molecule has 4 aromatic carbocycles. The molecule has 0 saturated carbocycles. The van der Waals surface area contributed by atoms with Crippen molar-refractivity contribution in [1.29, 1.82) is 0 Å². The number of benzene rings is 4. The monoisotopic (exact) mass is 546 g/mol. The first kappa shape index (κ1) is 27.4. The number of ether oxygens (including phenoxy) is 3. The van der Waals surface area contributed by atoms with Gasteiger partial charge in [0.25, 0.3) is 0 Å². The molecule has 0 fully saturated rings. The number of carbonyl (C=O) groups is 2. The zero-order valence-corrected chi connectivity index (χ0v) is 20.6. The minimum absolute atomic E-state index is 0.0771. The van der Waals surface area contributed by atoms with Crippen LogP contribution >= 0.6 is 23.2 Å². The summed E-state index contributed by atoms with van der Waals surface area (Å²) in [5.74, 6) is -1.76. The molecule has 0 aromatic heterocycles. The fourth-order valence-electron chi connectivity index (χ4n) is 2.93. The van der Waals surface area contributed by atoms with E-state index in [0.717, 1.165) is 0 Å². The van der Waals surface area contributed by atoms with Crippen molar-refractivity contribution in [3.63, 3.8) is 0 Å². The molecule has 190 valence electrons. The number of rotatable bonds is 6. The highest BCUT2D eigenvalue weighted by Gasteiger charge is 2.15. The van der Waals surface area contributed by atoms with Gasteiger partial charge in [0.15, 0.2) is 0 Å². The maximum Gasteiger partial charge on any atom is 0.341 e. The number of halogens is 4. The van der Waals surface area contributed by atoms with Gasteiger partial charge in [-0.05, 0) is 60.7 Å². The van der Waals surface area contributed by atoms with E-state index in [-0.39, 0.29) is 34.1 Å². The molecule has 0 bridgehead atoms. The first-order valence-corrected chi connectivity index (χ1v) is 11.2. The van der Waals surface area contributed by atoms with Crippen LogP contribution in [0.4, 0.5) is 8.78 Å². The molecule has 0 heterocycles. The molecule has 4 rings (SSSR count). The second-order valence-electron chi connectivity index (χ2n) is 7.20. The van der Waals surface area contributed by atoms with Gasteiger partial charge < -0.3 is 19.3 Å². The van der Waals surface area contributed by atoms with Crippen molar-refractivity contribution in [2.45, 2.75) is 0 Å². The number of aromatic carboxylic acids is 1. The Balaban J connectivity index is 0.000000206. The van der Waals surface area contributed by atoms with E-state index >= 15 is 0 Å². The molecule has 10 heteroatoms. The molecule has 0 aliphatic carbocycles. The summed E-state index contributed by atoms with van der Waals surface area (Å²) in [5, 5.41) is 9.68. The third kappa shape index (κ3) is 7.93. The summed E-state index contributed by atoms with van der Waals surface area (Å²) in [6, 6.07) is 19.8. The molecule has 0 radical (unpaired) electrons. The van der Waals surface area contributed by atoms with Crippen molar-refractivity contribution >= 4 is 35.1 Å². The molecule has 37 heavy (non-hydrogen) atoms. The number of hydrogen-bond acceptors (Lipinski definition) is 5. The first-order chi connectivity index (χ1) is 17.7. The standard InChI is InChI=1S/C14H10ClFO3.C13H8ClFO3/c1-18-14(17)12-7-9(15)5-6-13(12)19-11-4-2-3-10(16)8-11;14-8-4-5-12(11(6-8)13(16)17)18-10-3-1-2-9(15)7-10/h2-8H,1H3;1-7H,(H,16,17). The van der Waals surface area contributed by atoms with E-state index in [1.165, 1.54) is 79.9 Å². The molecule has 0 aliphatic rings. The highest BCUT2D eigenvalue weighted by Crippen LogP contribution is 2.29. The van der Waals surface area contributed by atoms with Crippen LogP contribution in [0.5, 0.6) is 23.0 Å². The van der Waals surface area contributed by atoms with Gasteiger partial charge in [-0.3, -0.25) is 0 Å². The van der Waals surface area contributed by atoms with Gasteiger partial charge in [0, 0.05) is 22.2 Å². The second kappa shape index (κ2) is 12.7. The fourth-order valence-corrected chi connectivity index (χ4v) is 3.28. The lowest BCUT2D eigenvalue weighted by Crippen LogP contribution is -2.03. The van der Waals surface area contributed by atoms with Crippen molar-refractivity contribution in [2.24, 2.45) is 0 Å². The summed E-state index contributed by atoms with van der Waals surface area (Å²) in [5.41, 5.74) is 0.103. The Hall–Kier alpha value is -4.14. The van der Waals surface area contributed by atoms with Crippen LogP contribution in [0.3, 0.4) is 0 Å². The Morgan fingerprint density at radius 2 is 1.16 bits per heavy atom. The topological polar surface area (TPSA) is 82.1 Å². The Bertz CT molecular complexity index is 1430. The van der Waals surface area contributed by atoms with E-state index in [1.807, 2.05) is 0 Å². The maximum atomic E-state index is 13.1. The van der Waals surface area contributed by atoms with E-state index < -0.39 is 23.6 Å². The van der Waals surface area contributed by atoms with E-state index in [2.05, 4.69) is 4.74 Å². The minimum atomic E-state index is -1.16. The Kier molecular flexibility index (Phi) is 9.43. The molecule has 0 atom stereocenters. The molecule has 0 unspecified atom stereocenters. The molecular weight excluding hydrogens is 529 g/mol. The van der Waals surface area contributed by atoms with Crippen LogP contribution in [0, 0.1) is 11.6 Å². The average Bonchev–Trinajstić information content (AvgIpc) is 2.86. The van der Waals surface area contributed by atoms with Gasteiger partial charge in [-0.15, -0.1) is 0 Å². The Labute approximate surface area is 220 Å². The largest absolute Gasteiger partial charge is 0.478 e. The lowest BCUT2D eigenvalue weighted by molar-refractivity contribution is 0.0597. The third-order valence-corrected chi connectivity index (χ3v) is 5.04. The zero-order valence-electron chi connectivity index (χ0n) is 19.1. The Morgan fingerprint density at radius 1 is 0.703 bits per heavy atom. The van der Waals surface area contributed by atoms with Crippen LogP contribution in [0.1, 0.15) is 20.7 Å². The Morgan fingerprint density at radius 3 is 1.59 bits per heavy atom. The van der Waals surface area contributed by atoms with Crippen molar-refractivity contribution in [2.75, 3.05) is 7.11 Å². The van der Waals surface area contributed by atoms with Gasteiger partial charge in [-0.1, -0.05) is 35.3 Å². The number of carbonyl (C=O) groups excluding carboxylic acids is 1. The molecule has 4 aromatic rings. The normalized spacial score (nSPS) is 10.1. The molecule has 6 nitrogen and oxygen atoms in total. The van der Waals surface area contributed by atoms with Crippen LogP contribution in [0.15, 0.2) is 84.9 Å². The quantitative estimate of drug-likeness (QED) is 0.246. The molecule has 0 amide bonds. The molecule has 0 spiro atoms. The summed E-state index contributed by atoms with van der Waals surface area (Å²) in [6.07, 6.45) is 0. The summed E-state index contributed by atoms with van der Waals surface area (Å²) >= 11 is 11.5. The summed E-state index contributed by atoms with van der Waals surface area (Å²) in [6.45, 7) is 0. The second-order valence-corrected chi connectivity index (χ2v) is 8.07. The lowest BCUT2D eigenvalue weighted by Gasteiger charge is -2.10. The smallest absolute Gasteiger partial charge is 0.341 e. The number of hydrogen-bond donors (Lipinski definition) is 1. The molecular formula is C27H18Cl2F2O6. The van der Waals surface area contributed by atoms with E-state index in [0.29, 0.717) is 10.0 Å². The highest BCUT2D eigenvalue weighted by molar-refractivity contribution is 6.31. The van der Waals surface area contributed by atoms with E-state index in [9.17, 15) is 18.4 Å². The van der Waals surface area contributed by atoms with Gasteiger partial charge in [0.05, 0.1) is 7.11 Å². The van der Waals surface area contributed by atoms with Gasteiger partial charge in [-0.2, -0.15) is 0 Å². The van der Waals surface area contributed by atoms with Crippen LogP contribution < -0.4 is 9.47 Å². The van der Waals surface area contributed by atoms with Crippen LogP contribution in [-0.2, 0) is 4.74 Å². The van der Waals surface area contributed by atoms with Crippen molar-refractivity contribution in [3.05, 3.63) is 118 Å². The fraction of sp³-hybridized carbons (Fsp3) is 0.0370. The van der Waals surface area contributed by atoms with Crippen LogP contribution in [-0.4, -0.2) is 24.2 Å². The van der Waals surface area contributed by atoms with Gasteiger partial charge in [0.1, 0.15) is 45.8 Å². The highest BCUT2D eigenvalue weighted by atomic mass is 35.5. The molecule has 1 N–H and O–H groups in total. The van der Waals surface area contributed by atoms with Gasteiger partial charge in [-0.25, -0.2) is 18.4 Å². The summed E-state index contributed by atoms with van der Waals surface area (Å²) < 4.78 is 41.5. The summed E-state index contributed by atoms with van der Waals surface area (Å²) in [4.78, 5) is 22.6. The molecule has 0 aliphatic heterocycles. The predicted octanol–water partition coefficient (Wildman–Crippen LogP) is 8.03. The maximum absolute atomic E-state index is 13.1. The lowest BCUT2D eigenvalue weighted by atomic mass is 10.2. The van der Waals surface area contributed by atoms with E-state index in [1.54, 1.807) is 12.1 Å². The number of carboxylic acids is 1. The van der Waals surface area contributed by atoms with Crippen LogP contribution in [0.25, 0.3) is 0 Å². The van der Waals surface area contributed by atoms with Crippen molar-refractivity contribution in [3.8, 4) is 23.0 Å². The minimum Gasteiger partial charge on any atom is -0.478 e. The van der Waals surface area contributed by atoms with Gasteiger partial charge >= 0.3 is 11.9 Å². The van der Waals surface area contributed by atoms with Crippen molar-refractivity contribution < 1.29 is 37.7 Å². The third-order valence-electron chi connectivity index (χ3n) is 4.57. The first-order valence-electron chi connectivity index (χ1n) is 10.4. The van der Waals surface area contributed by atoms with Crippen LogP contribution in [0.2, 0.25) is 10.0 Å². The molecule has 0 saturated heterocycles. The summed E-state index contributed by atoms with van der Waals surface area (Å²) in [7, 11) is 1.26. The SMILES string of the molecule is COC(=O)c1cc(Cl)ccc1Oc1cccc(F)c1.O=C(O)c1cc(Cl)ccc1Oc1cccc(F)c1. The van der Waals surface area contributed by atoms with Gasteiger partial charge in [0.2, 0.25) is 0 Å². The number of carboxylic acid groups (broad SMARTS) is 1. The zero-order chi connectivity index (χ0) is 26.9. The van der Waals surface area contributed by atoms with Crippen molar-refractivity contribution in [1.82, 2.24) is 0 Å². The van der Waals surface area contributed by atoms with E-state index in [4.69, 9.17) is 37.8 Å².